The van der Waals surface area contributed by atoms with Gasteiger partial charge < -0.3 is 15.0 Å². The maximum Gasteiger partial charge on any atom is 0.410 e. The quantitative estimate of drug-likeness (QED) is 0.801. The van der Waals surface area contributed by atoms with Gasteiger partial charge in [-0.2, -0.15) is 0 Å². The molecule has 1 aromatic carbocycles. The number of amides is 1. The lowest BCUT2D eigenvalue weighted by Gasteiger charge is -2.30. The number of carbonyl (C=O) groups excluding carboxylic acids is 1. The van der Waals surface area contributed by atoms with E-state index in [1.165, 1.54) is 0 Å². The van der Waals surface area contributed by atoms with Gasteiger partial charge in [0.25, 0.3) is 0 Å². The van der Waals surface area contributed by atoms with Crippen LogP contribution in [-0.4, -0.2) is 35.7 Å². The van der Waals surface area contributed by atoms with Crippen LogP contribution >= 0.6 is 11.6 Å². The van der Waals surface area contributed by atoms with Gasteiger partial charge in [-0.1, -0.05) is 23.7 Å². The number of hydrogen-bond donors (Lipinski definition) is 1. The van der Waals surface area contributed by atoms with E-state index in [9.17, 15) is 4.79 Å². The van der Waals surface area contributed by atoms with Crippen molar-refractivity contribution in [2.75, 3.05) is 13.1 Å². The number of halogens is 1. The minimum atomic E-state index is -0.471. The van der Waals surface area contributed by atoms with E-state index in [4.69, 9.17) is 16.3 Å². The van der Waals surface area contributed by atoms with E-state index >= 15 is 0 Å². The van der Waals surface area contributed by atoms with E-state index in [0.29, 0.717) is 13.1 Å². The number of nitrogens with zero attached hydrogens (tertiary/aromatic N) is 1. The number of nitrogens with one attached hydrogen (secondary N) is 1. The number of hydrogen-bond acceptors (Lipinski definition) is 3. The van der Waals surface area contributed by atoms with Crippen LogP contribution in [0, 0.1) is 0 Å². The van der Waals surface area contributed by atoms with Gasteiger partial charge in [0.1, 0.15) is 5.60 Å². The molecule has 0 unspecified atom stereocenters. The van der Waals surface area contributed by atoms with Gasteiger partial charge in [-0.05, 0) is 52.3 Å². The largest absolute Gasteiger partial charge is 0.444 e. The van der Waals surface area contributed by atoms with Gasteiger partial charge in [0, 0.05) is 30.7 Å². The van der Waals surface area contributed by atoms with Gasteiger partial charge in [-0.3, -0.25) is 0 Å². The second kappa shape index (κ2) is 8.39. The molecule has 22 heavy (non-hydrogen) atoms. The summed E-state index contributed by atoms with van der Waals surface area (Å²) in [6.07, 6.45) is -0.268. The van der Waals surface area contributed by atoms with Gasteiger partial charge in [0.2, 0.25) is 0 Å². The van der Waals surface area contributed by atoms with Crippen LogP contribution in [0.1, 0.15) is 40.2 Å². The summed E-state index contributed by atoms with van der Waals surface area (Å²) >= 11 is 5.86. The molecule has 0 bridgehead atoms. The molecule has 1 amide bonds. The molecule has 0 heterocycles. The Balaban J connectivity index is 2.41. The highest BCUT2D eigenvalue weighted by molar-refractivity contribution is 6.30. The van der Waals surface area contributed by atoms with Gasteiger partial charge in [-0.25, -0.2) is 4.79 Å². The summed E-state index contributed by atoms with van der Waals surface area (Å²) in [5.74, 6) is 0. The highest BCUT2D eigenvalue weighted by atomic mass is 35.5. The van der Waals surface area contributed by atoms with E-state index in [1.54, 1.807) is 4.90 Å². The molecule has 0 radical (unpaired) electrons. The third-order valence-electron chi connectivity index (χ3n) is 3.02. The molecule has 0 aliphatic heterocycles. The molecule has 0 spiro atoms. The predicted molar refractivity (Wildman–Crippen MR) is 91.2 cm³/mol. The molecule has 0 fully saturated rings. The van der Waals surface area contributed by atoms with Gasteiger partial charge in [0.05, 0.1) is 0 Å². The Hall–Kier alpha value is -1.26. The van der Waals surface area contributed by atoms with Crippen LogP contribution < -0.4 is 5.32 Å². The number of ether oxygens (including phenoxy) is 1. The third-order valence-corrected chi connectivity index (χ3v) is 3.28. The van der Waals surface area contributed by atoms with Crippen LogP contribution in [0.5, 0.6) is 0 Å². The van der Waals surface area contributed by atoms with Gasteiger partial charge in [-0.15, -0.1) is 0 Å². The molecule has 0 aliphatic carbocycles. The molecule has 0 atom stereocenters. The Kier molecular flexibility index (Phi) is 7.17. The van der Waals surface area contributed by atoms with E-state index in [0.717, 1.165) is 17.1 Å². The van der Waals surface area contributed by atoms with E-state index in [-0.39, 0.29) is 12.1 Å². The fraction of sp³-hybridized carbons (Fsp3) is 0.588. The van der Waals surface area contributed by atoms with Crippen molar-refractivity contribution in [2.45, 2.75) is 52.8 Å². The summed E-state index contributed by atoms with van der Waals surface area (Å²) < 4.78 is 5.43. The predicted octanol–water partition coefficient (Wildman–Crippen LogP) is 4.08. The lowest BCUT2D eigenvalue weighted by molar-refractivity contribution is 0.0193. The molecule has 4 nitrogen and oxygen atoms in total. The minimum Gasteiger partial charge on any atom is -0.444 e. The summed E-state index contributed by atoms with van der Waals surface area (Å²) in [6, 6.07) is 7.83. The fourth-order valence-corrected chi connectivity index (χ4v) is 2.04. The van der Waals surface area contributed by atoms with E-state index in [1.807, 2.05) is 58.9 Å². The van der Waals surface area contributed by atoms with Crippen LogP contribution in [-0.2, 0) is 11.3 Å². The standard InChI is InChI=1S/C17H27ClN2O2/c1-13(2)20(16(21)22-17(3,4)5)11-10-19-12-14-6-8-15(18)9-7-14/h6-9,13,19H,10-12H2,1-5H3. The first-order chi connectivity index (χ1) is 10.2. The maximum atomic E-state index is 12.2. The Bertz CT molecular complexity index is 467. The summed E-state index contributed by atoms with van der Waals surface area (Å²) in [6.45, 7) is 11.7. The monoisotopic (exact) mass is 326 g/mol. The minimum absolute atomic E-state index is 0.104. The third kappa shape index (κ3) is 7.14. The molecular weight excluding hydrogens is 300 g/mol. The van der Waals surface area contributed by atoms with Crippen molar-refractivity contribution in [3.8, 4) is 0 Å². The summed E-state index contributed by atoms with van der Waals surface area (Å²) in [7, 11) is 0. The molecule has 124 valence electrons. The molecule has 1 aromatic rings. The van der Waals surface area contributed by atoms with Crippen molar-refractivity contribution in [2.24, 2.45) is 0 Å². The lowest BCUT2D eigenvalue weighted by Crippen LogP contribution is -2.44. The number of rotatable bonds is 6. The van der Waals surface area contributed by atoms with Crippen molar-refractivity contribution in [1.82, 2.24) is 10.2 Å². The molecule has 0 aliphatic rings. The Morgan fingerprint density at radius 3 is 2.36 bits per heavy atom. The van der Waals surface area contributed by atoms with Crippen LogP contribution in [0.15, 0.2) is 24.3 Å². The number of benzene rings is 1. The highest BCUT2D eigenvalue weighted by Gasteiger charge is 2.23. The zero-order valence-corrected chi connectivity index (χ0v) is 14.9. The zero-order valence-electron chi connectivity index (χ0n) is 14.1. The van der Waals surface area contributed by atoms with Gasteiger partial charge >= 0.3 is 6.09 Å². The van der Waals surface area contributed by atoms with Crippen LogP contribution in [0.25, 0.3) is 0 Å². The fourth-order valence-electron chi connectivity index (χ4n) is 1.92. The van der Waals surface area contributed by atoms with Crippen molar-refractivity contribution in [3.63, 3.8) is 0 Å². The molecule has 0 saturated carbocycles. The first kappa shape index (κ1) is 18.8. The molecule has 1 N–H and O–H groups in total. The summed E-state index contributed by atoms with van der Waals surface area (Å²) in [5.41, 5.74) is 0.693. The second-order valence-electron chi connectivity index (χ2n) is 6.57. The zero-order chi connectivity index (χ0) is 16.8. The van der Waals surface area contributed by atoms with Crippen molar-refractivity contribution >= 4 is 17.7 Å². The molecule has 0 aromatic heterocycles. The van der Waals surface area contributed by atoms with Crippen LogP contribution in [0.3, 0.4) is 0 Å². The Morgan fingerprint density at radius 2 is 1.86 bits per heavy atom. The molecule has 0 saturated heterocycles. The average Bonchev–Trinajstić information content (AvgIpc) is 2.38. The Morgan fingerprint density at radius 1 is 1.27 bits per heavy atom. The summed E-state index contributed by atoms with van der Waals surface area (Å²) in [5, 5.41) is 4.07. The summed E-state index contributed by atoms with van der Waals surface area (Å²) in [4.78, 5) is 13.9. The number of carbonyl (C=O) groups is 1. The molecule has 1 rings (SSSR count). The SMILES string of the molecule is CC(C)N(CCNCc1ccc(Cl)cc1)C(=O)OC(C)(C)C. The smallest absolute Gasteiger partial charge is 0.410 e. The topological polar surface area (TPSA) is 41.6 Å². The van der Waals surface area contributed by atoms with Crippen LogP contribution in [0.2, 0.25) is 5.02 Å². The van der Waals surface area contributed by atoms with E-state index < -0.39 is 5.60 Å². The van der Waals surface area contributed by atoms with Gasteiger partial charge in [0.15, 0.2) is 0 Å². The normalized spacial score (nSPS) is 11.6. The van der Waals surface area contributed by atoms with Crippen molar-refractivity contribution < 1.29 is 9.53 Å². The lowest BCUT2D eigenvalue weighted by atomic mass is 10.2. The first-order valence-corrected chi connectivity index (χ1v) is 8.01. The van der Waals surface area contributed by atoms with E-state index in [2.05, 4.69) is 5.32 Å². The second-order valence-corrected chi connectivity index (χ2v) is 7.01. The average molecular weight is 327 g/mol. The maximum absolute atomic E-state index is 12.2. The Labute approximate surface area is 138 Å². The molecular formula is C17H27ClN2O2. The van der Waals surface area contributed by atoms with Crippen LogP contribution in [0.4, 0.5) is 4.79 Å². The van der Waals surface area contributed by atoms with Crippen molar-refractivity contribution in [1.29, 1.82) is 0 Å². The highest BCUT2D eigenvalue weighted by Crippen LogP contribution is 2.12. The first-order valence-electron chi connectivity index (χ1n) is 7.64. The molecule has 5 heteroatoms. The van der Waals surface area contributed by atoms with Crippen molar-refractivity contribution in [3.05, 3.63) is 34.9 Å².